The molecular formula is C30H32N2O. The standard InChI is InChI=1S/C30H32N2O/c1-4-12-24(13-5-1)28-22-27(31-33-21-20-32-18-10-11-19-32)23-29(25-14-6-2-7-15-25)30(28)26-16-8-3-9-17-26/h1-9,12-17,22,29-30H,10-11,18-21,23H2/b31-27+. The van der Waals surface area contributed by atoms with Crippen LogP contribution in [-0.2, 0) is 4.84 Å². The zero-order chi connectivity index (χ0) is 22.3. The number of oxime groups is 1. The van der Waals surface area contributed by atoms with Crippen LogP contribution >= 0.6 is 0 Å². The molecule has 2 unspecified atom stereocenters. The molecule has 1 heterocycles. The molecule has 168 valence electrons. The van der Waals surface area contributed by atoms with E-state index in [4.69, 9.17) is 4.84 Å². The van der Waals surface area contributed by atoms with Crippen molar-refractivity contribution in [3.63, 3.8) is 0 Å². The quantitative estimate of drug-likeness (QED) is 0.311. The number of nitrogens with zero attached hydrogens (tertiary/aromatic N) is 2. The highest BCUT2D eigenvalue weighted by atomic mass is 16.6. The lowest BCUT2D eigenvalue weighted by atomic mass is 9.69. The molecule has 3 nitrogen and oxygen atoms in total. The molecule has 0 amide bonds. The van der Waals surface area contributed by atoms with Crippen LogP contribution in [0, 0.1) is 0 Å². The zero-order valence-corrected chi connectivity index (χ0v) is 19.1. The predicted molar refractivity (Wildman–Crippen MR) is 136 cm³/mol. The van der Waals surface area contributed by atoms with Gasteiger partial charge in [-0.3, -0.25) is 4.90 Å². The summed E-state index contributed by atoms with van der Waals surface area (Å²) in [6.07, 6.45) is 5.74. The van der Waals surface area contributed by atoms with Crippen LogP contribution in [0.3, 0.4) is 0 Å². The average molecular weight is 437 g/mol. The molecule has 5 rings (SSSR count). The monoisotopic (exact) mass is 436 g/mol. The Bertz CT molecular complexity index is 1070. The molecule has 0 spiro atoms. The van der Waals surface area contributed by atoms with Gasteiger partial charge in [0, 0.05) is 24.8 Å². The maximum atomic E-state index is 5.85. The molecule has 33 heavy (non-hydrogen) atoms. The Morgan fingerprint density at radius 3 is 2.03 bits per heavy atom. The van der Waals surface area contributed by atoms with Gasteiger partial charge in [0.15, 0.2) is 0 Å². The number of rotatable bonds is 7. The van der Waals surface area contributed by atoms with E-state index in [9.17, 15) is 0 Å². The van der Waals surface area contributed by atoms with Gasteiger partial charge in [0.05, 0.1) is 5.71 Å². The molecule has 2 atom stereocenters. The summed E-state index contributed by atoms with van der Waals surface area (Å²) >= 11 is 0. The smallest absolute Gasteiger partial charge is 0.129 e. The first-order valence-electron chi connectivity index (χ1n) is 12.2. The van der Waals surface area contributed by atoms with Gasteiger partial charge in [0.1, 0.15) is 6.61 Å². The second kappa shape index (κ2) is 10.6. The summed E-state index contributed by atoms with van der Waals surface area (Å²) in [6.45, 7) is 3.98. The summed E-state index contributed by atoms with van der Waals surface area (Å²) < 4.78 is 0. The summed E-state index contributed by atoms with van der Waals surface area (Å²) in [5.74, 6) is 0.564. The number of benzene rings is 3. The third-order valence-electron chi connectivity index (χ3n) is 6.86. The van der Waals surface area contributed by atoms with Gasteiger partial charge in [-0.05, 0) is 54.3 Å². The van der Waals surface area contributed by atoms with Crippen LogP contribution in [0.15, 0.2) is 102 Å². The molecule has 0 aromatic heterocycles. The van der Waals surface area contributed by atoms with E-state index < -0.39 is 0 Å². The van der Waals surface area contributed by atoms with E-state index in [2.05, 4.69) is 107 Å². The molecule has 0 saturated carbocycles. The van der Waals surface area contributed by atoms with Crippen LogP contribution in [0.4, 0.5) is 0 Å². The minimum Gasteiger partial charge on any atom is -0.394 e. The van der Waals surface area contributed by atoms with Crippen molar-refractivity contribution in [1.29, 1.82) is 0 Å². The van der Waals surface area contributed by atoms with E-state index >= 15 is 0 Å². The Morgan fingerprint density at radius 1 is 0.758 bits per heavy atom. The molecule has 0 bridgehead atoms. The summed E-state index contributed by atoms with van der Waals surface area (Å²) in [5.41, 5.74) is 6.27. The molecule has 1 aliphatic heterocycles. The van der Waals surface area contributed by atoms with Crippen molar-refractivity contribution < 1.29 is 4.84 Å². The molecule has 0 radical (unpaired) electrons. The molecule has 3 aromatic rings. The van der Waals surface area contributed by atoms with Gasteiger partial charge >= 0.3 is 0 Å². The van der Waals surface area contributed by atoms with E-state index in [0.717, 1.165) is 18.7 Å². The number of hydrogen-bond acceptors (Lipinski definition) is 3. The summed E-state index contributed by atoms with van der Waals surface area (Å²) in [7, 11) is 0. The van der Waals surface area contributed by atoms with Crippen LogP contribution in [0.5, 0.6) is 0 Å². The minimum atomic E-state index is 0.263. The van der Waals surface area contributed by atoms with Crippen molar-refractivity contribution >= 4 is 11.3 Å². The molecule has 3 aromatic carbocycles. The van der Waals surface area contributed by atoms with Crippen molar-refractivity contribution in [2.75, 3.05) is 26.2 Å². The fraction of sp³-hybridized carbons (Fsp3) is 0.300. The van der Waals surface area contributed by atoms with Gasteiger partial charge in [-0.25, -0.2) is 0 Å². The Morgan fingerprint density at radius 2 is 1.36 bits per heavy atom. The fourth-order valence-corrected chi connectivity index (χ4v) is 5.23. The topological polar surface area (TPSA) is 24.8 Å². The maximum absolute atomic E-state index is 5.85. The van der Waals surface area contributed by atoms with Crippen molar-refractivity contribution in [2.24, 2.45) is 5.16 Å². The molecule has 1 saturated heterocycles. The summed E-state index contributed by atoms with van der Waals surface area (Å²) in [4.78, 5) is 8.31. The van der Waals surface area contributed by atoms with Gasteiger partial charge in [0.25, 0.3) is 0 Å². The Labute approximate surface area is 197 Å². The summed E-state index contributed by atoms with van der Waals surface area (Å²) in [5, 5.41) is 4.64. The Hall–Kier alpha value is -3.17. The number of likely N-dealkylation sites (tertiary alicyclic amines) is 1. The van der Waals surface area contributed by atoms with E-state index in [1.165, 1.54) is 48.2 Å². The lowest BCUT2D eigenvalue weighted by molar-refractivity contribution is 0.118. The minimum absolute atomic E-state index is 0.263. The Kier molecular flexibility index (Phi) is 6.98. The van der Waals surface area contributed by atoms with Crippen LogP contribution in [-0.4, -0.2) is 36.9 Å². The van der Waals surface area contributed by atoms with E-state index in [1.807, 2.05) is 0 Å². The fourth-order valence-electron chi connectivity index (χ4n) is 5.23. The first-order valence-corrected chi connectivity index (χ1v) is 12.2. The maximum Gasteiger partial charge on any atom is 0.129 e. The number of allylic oxidation sites excluding steroid dienone is 2. The second-order valence-electron chi connectivity index (χ2n) is 9.04. The lowest BCUT2D eigenvalue weighted by Gasteiger charge is -2.34. The molecular weight excluding hydrogens is 404 g/mol. The zero-order valence-electron chi connectivity index (χ0n) is 19.1. The van der Waals surface area contributed by atoms with E-state index in [1.54, 1.807) is 0 Å². The van der Waals surface area contributed by atoms with Crippen molar-refractivity contribution in [2.45, 2.75) is 31.1 Å². The predicted octanol–water partition coefficient (Wildman–Crippen LogP) is 6.51. The first kappa shape index (κ1) is 21.7. The van der Waals surface area contributed by atoms with Crippen LogP contribution in [0.25, 0.3) is 5.57 Å². The third-order valence-corrected chi connectivity index (χ3v) is 6.86. The van der Waals surface area contributed by atoms with Crippen molar-refractivity contribution in [3.05, 3.63) is 114 Å². The second-order valence-corrected chi connectivity index (χ2v) is 9.04. The largest absolute Gasteiger partial charge is 0.394 e. The summed E-state index contributed by atoms with van der Waals surface area (Å²) in [6, 6.07) is 32.5. The normalized spacial score (nSPS) is 22.3. The Balaban J connectivity index is 1.49. The molecule has 1 aliphatic carbocycles. The third kappa shape index (κ3) is 5.26. The molecule has 1 fully saturated rings. The van der Waals surface area contributed by atoms with Gasteiger partial charge in [-0.15, -0.1) is 0 Å². The van der Waals surface area contributed by atoms with Crippen LogP contribution in [0.2, 0.25) is 0 Å². The molecule has 0 N–H and O–H groups in total. The van der Waals surface area contributed by atoms with Crippen molar-refractivity contribution in [1.82, 2.24) is 4.90 Å². The number of hydrogen-bond donors (Lipinski definition) is 0. The van der Waals surface area contributed by atoms with Gasteiger partial charge in [-0.2, -0.15) is 0 Å². The van der Waals surface area contributed by atoms with Gasteiger partial charge in [-0.1, -0.05) is 96.2 Å². The van der Waals surface area contributed by atoms with E-state index in [-0.39, 0.29) is 5.92 Å². The average Bonchev–Trinajstić information content (AvgIpc) is 3.41. The van der Waals surface area contributed by atoms with Crippen molar-refractivity contribution in [3.8, 4) is 0 Å². The molecule has 3 heteroatoms. The molecule has 2 aliphatic rings. The van der Waals surface area contributed by atoms with Crippen LogP contribution in [0.1, 0.15) is 47.8 Å². The SMILES string of the molecule is C1=C(c2ccccc2)C(c2ccccc2)C(c2ccccc2)C/C1=N/OCCN1CCCC1. The highest BCUT2D eigenvalue weighted by Crippen LogP contribution is 2.47. The van der Waals surface area contributed by atoms with Crippen LogP contribution < -0.4 is 0 Å². The first-order chi connectivity index (χ1) is 16.4. The van der Waals surface area contributed by atoms with E-state index in [0.29, 0.717) is 12.5 Å². The highest BCUT2D eigenvalue weighted by Gasteiger charge is 2.33. The van der Waals surface area contributed by atoms with Gasteiger partial charge in [0.2, 0.25) is 0 Å². The highest BCUT2D eigenvalue weighted by molar-refractivity contribution is 6.04. The van der Waals surface area contributed by atoms with Gasteiger partial charge < -0.3 is 4.84 Å². The lowest BCUT2D eigenvalue weighted by Crippen LogP contribution is -2.24.